The lowest BCUT2D eigenvalue weighted by molar-refractivity contribution is -0.144. The van der Waals surface area contributed by atoms with E-state index in [2.05, 4.69) is 14.7 Å². The summed E-state index contributed by atoms with van der Waals surface area (Å²) in [7, 11) is 0. The predicted octanol–water partition coefficient (Wildman–Crippen LogP) is 3.16. The van der Waals surface area contributed by atoms with Crippen LogP contribution in [-0.4, -0.2) is 15.9 Å². The highest BCUT2D eigenvalue weighted by Crippen LogP contribution is 2.30. The van der Waals surface area contributed by atoms with Gasteiger partial charge in [-0.25, -0.2) is 0 Å². The monoisotopic (exact) mass is 251 g/mol. The van der Waals surface area contributed by atoms with Gasteiger partial charge in [0.1, 0.15) is 0 Å². The maximum atomic E-state index is 12.2. The van der Waals surface area contributed by atoms with Crippen LogP contribution in [0, 0.1) is 5.92 Å². The van der Waals surface area contributed by atoms with E-state index in [4.69, 9.17) is 0 Å². The van der Waals surface area contributed by atoms with Gasteiger partial charge in [-0.05, 0) is 12.3 Å². The van der Waals surface area contributed by atoms with E-state index < -0.39 is 12.0 Å². The van der Waals surface area contributed by atoms with Crippen LogP contribution in [0.2, 0.25) is 0 Å². The lowest BCUT2D eigenvalue weighted by atomic mass is 9.83. The zero-order valence-electron chi connectivity index (χ0n) is 8.55. The lowest BCUT2D eigenvalue weighted by Gasteiger charge is -2.24. The minimum absolute atomic E-state index is 0.256. The van der Waals surface area contributed by atoms with Gasteiger partial charge in [-0.1, -0.05) is 19.3 Å². The molecule has 0 saturated heterocycles. The molecule has 1 saturated carbocycles. The van der Waals surface area contributed by atoms with Crippen molar-refractivity contribution in [3.63, 3.8) is 0 Å². The summed E-state index contributed by atoms with van der Waals surface area (Å²) in [6.07, 6.45) is 0.324. The van der Waals surface area contributed by atoms with Crippen LogP contribution in [-0.2, 0) is 6.18 Å². The van der Waals surface area contributed by atoms with Crippen LogP contribution in [0.5, 0.6) is 0 Å². The number of halogens is 3. The van der Waals surface area contributed by atoms with Crippen molar-refractivity contribution < 1.29 is 13.2 Å². The molecule has 1 aliphatic carbocycles. The van der Waals surface area contributed by atoms with Gasteiger partial charge < -0.3 is 5.32 Å². The third kappa shape index (κ3) is 2.84. The first-order chi connectivity index (χ1) is 7.55. The van der Waals surface area contributed by atoms with Crippen molar-refractivity contribution in [3.05, 3.63) is 5.82 Å². The Kier molecular flexibility index (Phi) is 3.32. The number of aromatic nitrogens is 2. The van der Waals surface area contributed by atoms with Gasteiger partial charge in [0, 0.05) is 18.1 Å². The van der Waals surface area contributed by atoms with Gasteiger partial charge in [0.2, 0.25) is 11.0 Å². The number of alkyl halides is 3. The van der Waals surface area contributed by atoms with E-state index in [1.165, 1.54) is 19.3 Å². The number of rotatable bonds is 4. The van der Waals surface area contributed by atoms with Crippen LogP contribution in [0.15, 0.2) is 0 Å². The van der Waals surface area contributed by atoms with Crippen molar-refractivity contribution in [2.45, 2.75) is 31.9 Å². The highest BCUT2D eigenvalue weighted by Gasteiger charge is 2.36. The molecule has 3 nitrogen and oxygen atoms in total. The molecule has 1 fully saturated rings. The van der Waals surface area contributed by atoms with E-state index in [0.29, 0.717) is 6.54 Å². The molecule has 0 amide bonds. The van der Waals surface area contributed by atoms with Gasteiger partial charge in [-0.2, -0.15) is 22.5 Å². The largest absolute Gasteiger partial charge is 0.452 e. The van der Waals surface area contributed by atoms with E-state index in [9.17, 15) is 13.2 Å². The standard InChI is InChI=1S/C9H12F3N3S/c10-9(11,12)7-14-8(16-15-7)13-5-4-6-2-1-3-6/h6H,1-5H2,(H,13,14,15). The average molecular weight is 251 g/mol. The van der Waals surface area contributed by atoms with Gasteiger partial charge in [-0.15, -0.1) is 0 Å². The van der Waals surface area contributed by atoms with Crippen molar-refractivity contribution >= 4 is 16.7 Å². The Morgan fingerprint density at radius 3 is 2.62 bits per heavy atom. The van der Waals surface area contributed by atoms with Gasteiger partial charge in [0.05, 0.1) is 0 Å². The first kappa shape index (κ1) is 11.6. The first-order valence-electron chi connectivity index (χ1n) is 5.20. The summed E-state index contributed by atoms with van der Waals surface area (Å²) in [6, 6.07) is 0. The van der Waals surface area contributed by atoms with Crippen molar-refractivity contribution in [3.8, 4) is 0 Å². The minimum atomic E-state index is -4.44. The summed E-state index contributed by atoms with van der Waals surface area (Å²) in [5, 5.41) is 3.14. The van der Waals surface area contributed by atoms with E-state index >= 15 is 0 Å². The molecule has 0 aromatic carbocycles. The Bertz CT molecular complexity index is 346. The molecular formula is C9H12F3N3S. The number of hydrogen-bond donors (Lipinski definition) is 1. The maximum absolute atomic E-state index is 12.2. The average Bonchev–Trinajstić information content (AvgIpc) is 2.56. The Morgan fingerprint density at radius 1 is 1.38 bits per heavy atom. The quantitative estimate of drug-likeness (QED) is 0.893. The third-order valence-electron chi connectivity index (χ3n) is 2.73. The number of nitrogens with one attached hydrogen (secondary N) is 1. The normalized spacial score (nSPS) is 17.2. The van der Waals surface area contributed by atoms with Gasteiger partial charge in [0.15, 0.2) is 0 Å². The molecule has 0 bridgehead atoms. The van der Waals surface area contributed by atoms with Crippen molar-refractivity contribution in [2.75, 3.05) is 11.9 Å². The fourth-order valence-electron chi connectivity index (χ4n) is 1.58. The van der Waals surface area contributed by atoms with E-state index in [0.717, 1.165) is 23.9 Å². The molecule has 1 heterocycles. The summed E-state index contributed by atoms with van der Waals surface area (Å²) in [6.45, 7) is 0.678. The lowest BCUT2D eigenvalue weighted by Crippen LogP contribution is -2.15. The molecule has 1 aliphatic rings. The highest BCUT2D eigenvalue weighted by molar-refractivity contribution is 7.09. The van der Waals surface area contributed by atoms with Crippen LogP contribution >= 0.6 is 11.5 Å². The Labute approximate surface area is 95.2 Å². The molecule has 7 heteroatoms. The number of nitrogens with zero attached hydrogens (tertiary/aromatic N) is 2. The summed E-state index contributed by atoms with van der Waals surface area (Å²) >= 11 is 0.761. The topological polar surface area (TPSA) is 37.8 Å². The number of anilines is 1. The molecule has 0 radical (unpaired) electrons. The second kappa shape index (κ2) is 4.57. The number of hydrogen-bond acceptors (Lipinski definition) is 4. The smallest absolute Gasteiger partial charge is 0.360 e. The van der Waals surface area contributed by atoms with Crippen LogP contribution < -0.4 is 5.32 Å². The molecule has 0 aliphatic heterocycles. The predicted molar refractivity (Wildman–Crippen MR) is 55.4 cm³/mol. The van der Waals surface area contributed by atoms with Crippen molar-refractivity contribution in [1.82, 2.24) is 9.36 Å². The van der Waals surface area contributed by atoms with Crippen molar-refractivity contribution in [1.29, 1.82) is 0 Å². The summed E-state index contributed by atoms with van der Waals surface area (Å²) < 4.78 is 39.8. The SMILES string of the molecule is FC(F)(F)c1nsc(NCCC2CCC2)n1. The van der Waals surface area contributed by atoms with Gasteiger partial charge in [0.25, 0.3) is 0 Å². The summed E-state index contributed by atoms with van der Waals surface area (Å²) in [4.78, 5) is 3.39. The highest BCUT2D eigenvalue weighted by atomic mass is 32.1. The fraction of sp³-hybridized carbons (Fsp3) is 0.778. The van der Waals surface area contributed by atoms with Crippen LogP contribution in [0.1, 0.15) is 31.5 Å². The Balaban J connectivity index is 1.78. The molecule has 0 atom stereocenters. The van der Waals surface area contributed by atoms with Crippen LogP contribution in [0.3, 0.4) is 0 Å². The molecular weight excluding hydrogens is 239 g/mol. The van der Waals surface area contributed by atoms with Gasteiger partial charge in [-0.3, -0.25) is 0 Å². The third-order valence-corrected chi connectivity index (χ3v) is 3.41. The van der Waals surface area contributed by atoms with Crippen molar-refractivity contribution in [2.24, 2.45) is 5.92 Å². The zero-order valence-corrected chi connectivity index (χ0v) is 9.37. The molecule has 1 aromatic heterocycles. The fourth-order valence-corrected chi connectivity index (χ4v) is 2.19. The first-order valence-corrected chi connectivity index (χ1v) is 5.98. The molecule has 0 spiro atoms. The van der Waals surface area contributed by atoms with E-state index in [-0.39, 0.29) is 5.13 Å². The Hall–Kier alpha value is -0.850. The summed E-state index contributed by atoms with van der Waals surface area (Å²) in [5.74, 6) is -0.314. The summed E-state index contributed by atoms with van der Waals surface area (Å²) in [5.41, 5.74) is 0. The van der Waals surface area contributed by atoms with E-state index in [1.807, 2.05) is 0 Å². The second-order valence-corrected chi connectivity index (χ2v) is 4.69. The second-order valence-electron chi connectivity index (χ2n) is 3.93. The molecule has 90 valence electrons. The molecule has 16 heavy (non-hydrogen) atoms. The van der Waals surface area contributed by atoms with Crippen LogP contribution in [0.25, 0.3) is 0 Å². The molecule has 0 unspecified atom stereocenters. The molecule has 1 aromatic rings. The van der Waals surface area contributed by atoms with E-state index in [1.54, 1.807) is 0 Å². The maximum Gasteiger partial charge on any atom is 0.452 e. The zero-order chi connectivity index (χ0) is 11.6. The minimum Gasteiger partial charge on any atom is -0.360 e. The van der Waals surface area contributed by atoms with Gasteiger partial charge >= 0.3 is 6.18 Å². The molecule has 1 N–H and O–H groups in total. The molecule has 2 rings (SSSR count). The van der Waals surface area contributed by atoms with Crippen LogP contribution in [0.4, 0.5) is 18.3 Å². The Morgan fingerprint density at radius 2 is 2.12 bits per heavy atom.